The summed E-state index contributed by atoms with van der Waals surface area (Å²) in [6.45, 7) is 3.77. The number of aromatic hydroxyl groups is 1. The van der Waals surface area contributed by atoms with Gasteiger partial charge in [0.2, 0.25) is 5.75 Å². The number of phenolic OH excluding ortho intramolecular Hbond substituents is 1. The van der Waals surface area contributed by atoms with E-state index in [-0.39, 0.29) is 34.5 Å². The number of carbonyl (C=O) groups is 2. The van der Waals surface area contributed by atoms with Crippen LogP contribution in [0.4, 0.5) is 0 Å². The van der Waals surface area contributed by atoms with E-state index < -0.39 is 11.8 Å². The van der Waals surface area contributed by atoms with E-state index in [9.17, 15) is 14.7 Å². The first kappa shape index (κ1) is 19.2. The Hall–Kier alpha value is -3.13. The third-order valence-corrected chi connectivity index (χ3v) is 3.87. The van der Waals surface area contributed by atoms with Crippen molar-refractivity contribution in [3.8, 4) is 17.2 Å². The summed E-state index contributed by atoms with van der Waals surface area (Å²) in [6, 6.07) is 3.18. The molecule has 1 heterocycles. The second-order valence-corrected chi connectivity index (χ2v) is 5.56. The fourth-order valence-corrected chi connectivity index (χ4v) is 2.52. The van der Waals surface area contributed by atoms with Gasteiger partial charge in [-0.25, -0.2) is 0 Å². The number of nitrogens with one attached hydrogen (secondary N) is 1. The van der Waals surface area contributed by atoms with Crippen LogP contribution in [-0.4, -0.2) is 47.7 Å². The standard InChI is InChI=1S/C18H18N2O5S/c1-4-8-20-17(23)12(16(22)19-18(20)26)7-5-6-11-9-13(24-2)15(21)14(10-11)25-3/h4-7,9-10,21H,1,8H2,2-3H3,(H,19,22,26)/b6-5-,12-7+. The van der Waals surface area contributed by atoms with Gasteiger partial charge in [-0.15, -0.1) is 6.58 Å². The van der Waals surface area contributed by atoms with Gasteiger partial charge in [-0.3, -0.25) is 19.8 Å². The lowest BCUT2D eigenvalue weighted by Gasteiger charge is -2.27. The molecule has 1 aliphatic heterocycles. The van der Waals surface area contributed by atoms with Gasteiger partial charge in [0.05, 0.1) is 14.2 Å². The number of hydrogen-bond acceptors (Lipinski definition) is 6. The summed E-state index contributed by atoms with van der Waals surface area (Å²) >= 11 is 4.98. The maximum atomic E-state index is 12.4. The van der Waals surface area contributed by atoms with Crippen LogP contribution in [-0.2, 0) is 9.59 Å². The highest BCUT2D eigenvalue weighted by Crippen LogP contribution is 2.37. The number of nitrogens with zero attached hydrogens (tertiary/aromatic N) is 1. The SMILES string of the molecule is C=CCN1C(=O)/C(=C/C=C\c2cc(OC)c(O)c(OC)c2)C(=O)NC1=S. The van der Waals surface area contributed by atoms with E-state index in [1.54, 1.807) is 24.3 Å². The zero-order chi connectivity index (χ0) is 19.3. The Bertz CT molecular complexity index is 804. The van der Waals surface area contributed by atoms with Gasteiger partial charge in [0.1, 0.15) is 5.57 Å². The predicted molar refractivity (Wildman–Crippen MR) is 101 cm³/mol. The number of rotatable bonds is 6. The lowest BCUT2D eigenvalue weighted by Crippen LogP contribution is -2.53. The van der Waals surface area contributed by atoms with Crippen LogP contribution in [0.1, 0.15) is 5.56 Å². The maximum absolute atomic E-state index is 12.4. The molecule has 8 heteroatoms. The molecule has 26 heavy (non-hydrogen) atoms. The van der Waals surface area contributed by atoms with Crippen LogP contribution >= 0.6 is 12.2 Å². The Kier molecular flexibility index (Phi) is 6.13. The maximum Gasteiger partial charge on any atom is 0.265 e. The minimum absolute atomic E-state index is 0.0468. The lowest BCUT2D eigenvalue weighted by atomic mass is 10.1. The predicted octanol–water partition coefficient (Wildman–Crippen LogP) is 1.78. The van der Waals surface area contributed by atoms with E-state index in [0.717, 1.165) is 0 Å². The van der Waals surface area contributed by atoms with Crippen LogP contribution in [0.5, 0.6) is 17.2 Å². The monoisotopic (exact) mass is 374 g/mol. The van der Waals surface area contributed by atoms with E-state index in [1.165, 1.54) is 31.3 Å². The molecular formula is C18H18N2O5S. The van der Waals surface area contributed by atoms with Gasteiger partial charge >= 0.3 is 0 Å². The molecule has 0 unspecified atom stereocenters. The van der Waals surface area contributed by atoms with Crippen LogP contribution in [0.25, 0.3) is 6.08 Å². The molecule has 0 spiro atoms. The number of carbonyl (C=O) groups excluding carboxylic acids is 2. The Morgan fingerprint density at radius 2 is 1.88 bits per heavy atom. The van der Waals surface area contributed by atoms with Gasteiger partial charge in [0.15, 0.2) is 16.6 Å². The summed E-state index contributed by atoms with van der Waals surface area (Å²) < 4.78 is 10.2. The smallest absolute Gasteiger partial charge is 0.265 e. The summed E-state index contributed by atoms with van der Waals surface area (Å²) in [5.74, 6) is -0.688. The molecule has 0 aromatic heterocycles. The molecule has 1 aromatic rings. The molecule has 2 N–H and O–H groups in total. The Morgan fingerprint density at radius 3 is 2.42 bits per heavy atom. The molecule has 0 radical (unpaired) electrons. The summed E-state index contributed by atoms with van der Waals surface area (Å²) in [7, 11) is 2.85. The van der Waals surface area contributed by atoms with Crippen LogP contribution in [0.2, 0.25) is 0 Å². The van der Waals surface area contributed by atoms with E-state index in [1.807, 2.05) is 0 Å². The molecule has 1 fully saturated rings. The Morgan fingerprint density at radius 1 is 1.27 bits per heavy atom. The van der Waals surface area contributed by atoms with Crippen molar-refractivity contribution in [2.45, 2.75) is 0 Å². The minimum Gasteiger partial charge on any atom is -0.502 e. The molecule has 0 aliphatic carbocycles. The average molecular weight is 374 g/mol. The highest BCUT2D eigenvalue weighted by atomic mass is 32.1. The van der Waals surface area contributed by atoms with E-state index in [0.29, 0.717) is 5.56 Å². The van der Waals surface area contributed by atoms with Crippen molar-refractivity contribution in [1.29, 1.82) is 0 Å². The second-order valence-electron chi connectivity index (χ2n) is 5.18. The Balaban J connectivity index is 2.30. The fraction of sp³-hybridized carbons (Fsp3) is 0.167. The first-order valence-electron chi connectivity index (χ1n) is 7.54. The zero-order valence-electron chi connectivity index (χ0n) is 14.3. The molecule has 136 valence electrons. The zero-order valence-corrected chi connectivity index (χ0v) is 15.1. The number of allylic oxidation sites excluding steroid dienone is 2. The number of thiocarbonyl (C=S) groups is 1. The van der Waals surface area contributed by atoms with Crippen molar-refractivity contribution >= 4 is 35.2 Å². The summed E-state index contributed by atoms with van der Waals surface area (Å²) in [4.78, 5) is 25.6. The van der Waals surface area contributed by atoms with Gasteiger partial charge in [0, 0.05) is 6.54 Å². The van der Waals surface area contributed by atoms with Crippen molar-refractivity contribution in [3.63, 3.8) is 0 Å². The number of benzene rings is 1. The number of phenols is 1. The van der Waals surface area contributed by atoms with Crippen molar-refractivity contribution in [2.75, 3.05) is 20.8 Å². The summed E-state index contributed by atoms with van der Waals surface area (Å²) in [5, 5.41) is 12.4. The highest BCUT2D eigenvalue weighted by molar-refractivity contribution is 7.80. The molecule has 7 nitrogen and oxygen atoms in total. The molecule has 1 aliphatic rings. The topological polar surface area (TPSA) is 88.1 Å². The van der Waals surface area contributed by atoms with Crippen molar-refractivity contribution in [2.24, 2.45) is 0 Å². The normalized spacial score (nSPS) is 16.2. The van der Waals surface area contributed by atoms with Crippen LogP contribution in [0, 0.1) is 0 Å². The van der Waals surface area contributed by atoms with E-state index >= 15 is 0 Å². The van der Waals surface area contributed by atoms with Gasteiger partial charge in [-0.05, 0) is 36.0 Å². The van der Waals surface area contributed by atoms with E-state index in [4.69, 9.17) is 21.7 Å². The third-order valence-electron chi connectivity index (χ3n) is 3.55. The van der Waals surface area contributed by atoms with Gasteiger partial charge in [-0.2, -0.15) is 0 Å². The van der Waals surface area contributed by atoms with Crippen LogP contribution in [0.15, 0.2) is 42.5 Å². The van der Waals surface area contributed by atoms with Gasteiger partial charge in [-0.1, -0.05) is 18.2 Å². The van der Waals surface area contributed by atoms with Crippen molar-refractivity contribution in [3.05, 3.63) is 48.1 Å². The van der Waals surface area contributed by atoms with Crippen LogP contribution < -0.4 is 14.8 Å². The molecular weight excluding hydrogens is 356 g/mol. The molecule has 1 saturated heterocycles. The summed E-state index contributed by atoms with van der Waals surface area (Å²) in [5.41, 5.74) is 0.602. The number of methoxy groups -OCH3 is 2. The van der Waals surface area contributed by atoms with Crippen molar-refractivity contribution in [1.82, 2.24) is 10.2 Å². The first-order valence-corrected chi connectivity index (χ1v) is 7.95. The molecule has 0 atom stereocenters. The number of hydrogen-bond donors (Lipinski definition) is 2. The quantitative estimate of drug-likeness (QED) is 0.342. The second kappa shape index (κ2) is 8.30. The average Bonchev–Trinajstić information content (AvgIpc) is 2.62. The molecule has 2 amide bonds. The Labute approximate surface area is 156 Å². The fourth-order valence-electron chi connectivity index (χ4n) is 2.27. The minimum atomic E-state index is -0.564. The summed E-state index contributed by atoms with van der Waals surface area (Å²) in [6.07, 6.45) is 6.09. The van der Waals surface area contributed by atoms with Gasteiger partial charge in [0.25, 0.3) is 11.8 Å². The number of ether oxygens (including phenoxy) is 2. The van der Waals surface area contributed by atoms with Gasteiger partial charge < -0.3 is 14.6 Å². The van der Waals surface area contributed by atoms with Crippen LogP contribution in [0.3, 0.4) is 0 Å². The molecule has 1 aromatic carbocycles. The highest BCUT2D eigenvalue weighted by Gasteiger charge is 2.32. The molecule has 0 bridgehead atoms. The van der Waals surface area contributed by atoms with Crippen molar-refractivity contribution < 1.29 is 24.2 Å². The third kappa shape index (κ3) is 3.92. The number of amides is 2. The molecule has 0 saturated carbocycles. The van der Waals surface area contributed by atoms with E-state index in [2.05, 4.69) is 11.9 Å². The molecule has 2 rings (SSSR count). The first-order chi connectivity index (χ1) is 12.4. The largest absolute Gasteiger partial charge is 0.502 e. The lowest BCUT2D eigenvalue weighted by molar-refractivity contribution is -0.128.